The molecule has 3 fully saturated rings. The van der Waals surface area contributed by atoms with Gasteiger partial charge < -0.3 is 15.5 Å². The van der Waals surface area contributed by atoms with Crippen LogP contribution in [-0.2, 0) is 0 Å². The van der Waals surface area contributed by atoms with Crippen molar-refractivity contribution in [2.45, 2.75) is 63.5 Å². The Morgan fingerprint density at radius 1 is 1.04 bits per heavy atom. The Bertz CT molecular complexity index is 373. The smallest absolute Gasteiger partial charge is 0.191 e. The minimum absolute atomic E-state index is 0. The molecule has 24 heavy (non-hydrogen) atoms. The maximum atomic E-state index is 4.44. The van der Waals surface area contributed by atoms with Gasteiger partial charge in [-0.05, 0) is 55.9 Å². The predicted molar refractivity (Wildman–Crippen MR) is 117 cm³/mol. The van der Waals surface area contributed by atoms with Crippen molar-refractivity contribution in [2.24, 2.45) is 10.9 Å². The second-order valence-corrected chi connectivity index (χ2v) is 8.63. The molecule has 0 aromatic heterocycles. The quantitative estimate of drug-likeness (QED) is 0.379. The van der Waals surface area contributed by atoms with Crippen molar-refractivity contribution in [2.75, 3.05) is 38.2 Å². The van der Waals surface area contributed by atoms with E-state index in [4.69, 9.17) is 0 Å². The molecular formula is C18H35IN4S. The van der Waals surface area contributed by atoms with Crippen LogP contribution in [0.25, 0.3) is 0 Å². The highest BCUT2D eigenvalue weighted by Crippen LogP contribution is 2.26. The molecule has 0 bridgehead atoms. The Kier molecular flexibility index (Phi) is 9.55. The highest BCUT2D eigenvalue weighted by atomic mass is 127. The van der Waals surface area contributed by atoms with Crippen molar-refractivity contribution in [3.05, 3.63) is 0 Å². The number of hydrogen-bond donors (Lipinski definition) is 2. The van der Waals surface area contributed by atoms with Gasteiger partial charge in [-0.3, -0.25) is 4.99 Å². The summed E-state index contributed by atoms with van der Waals surface area (Å²) in [7, 11) is 1.90. The molecule has 6 heteroatoms. The average molecular weight is 466 g/mol. The van der Waals surface area contributed by atoms with Gasteiger partial charge in [0, 0.05) is 38.8 Å². The van der Waals surface area contributed by atoms with Crippen LogP contribution in [0.4, 0.5) is 0 Å². The molecule has 0 aromatic rings. The maximum Gasteiger partial charge on any atom is 0.191 e. The van der Waals surface area contributed by atoms with E-state index in [1.807, 2.05) is 7.05 Å². The number of piperidine rings is 1. The van der Waals surface area contributed by atoms with Crippen LogP contribution in [0.15, 0.2) is 4.99 Å². The maximum absolute atomic E-state index is 4.44. The van der Waals surface area contributed by atoms with Crippen LogP contribution < -0.4 is 10.6 Å². The lowest BCUT2D eigenvalue weighted by Crippen LogP contribution is -2.50. The standard InChI is InChI=1S/C18H34N4S.HI/c1-19-18(20-14-15-8-12-23-13-9-15)21-16-6-10-22(11-7-16)17-4-2-3-5-17;/h15-17H,2-14H2,1H3,(H2,19,20,21);1H. The molecule has 0 radical (unpaired) electrons. The zero-order valence-corrected chi connectivity index (χ0v) is 18.3. The van der Waals surface area contributed by atoms with E-state index in [1.165, 1.54) is 76.0 Å². The average Bonchev–Trinajstić information content (AvgIpc) is 3.14. The van der Waals surface area contributed by atoms with Gasteiger partial charge in [0.05, 0.1) is 0 Å². The number of thioether (sulfide) groups is 1. The van der Waals surface area contributed by atoms with Gasteiger partial charge in [0.2, 0.25) is 0 Å². The molecule has 3 aliphatic rings. The summed E-state index contributed by atoms with van der Waals surface area (Å²) in [5.41, 5.74) is 0. The summed E-state index contributed by atoms with van der Waals surface area (Å²) in [4.78, 5) is 7.18. The van der Waals surface area contributed by atoms with Crippen molar-refractivity contribution < 1.29 is 0 Å². The van der Waals surface area contributed by atoms with Crippen molar-refractivity contribution in [1.82, 2.24) is 15.5 Å². The number of hydrogen-bond acceptors (Lipinski definition) is 3. The molecule has 2 N–H and O–H groups in total. The van der Waals surface area contributed by atoms with Crippen LogP contribution in [-0.4, -0.2) is 61.1 Å². The fourth-order valence-electron chi connectivity index (χ4n) is 4.26. The number of aliphatic imine (C=N–C) groups is 1. The zero-order chi connectivity index (χ0) is 15.9. The summed E-state index contributed by atoms with van der Waals surface area (Å²) in [6.45, 7) is 3.61. The second kappa shape index (κ2) is 11.1. The van der Waals surface area contributed by atoms with Crippen molar-refractivity contribution in [3.63, 3.8) is 0 Å². The monoisotopic (exact) mass is 466 g/mol. The van der Waals surface area contributed by atoms with E-state index in [2.05, 4.69) is 32.3 Å². The van der Waals surface area contributed by atoms with Crippen LogP contribution in [0, 0.1) is 5.92 Å². The number of nitrogens with one attached hydrogen (secondary N) is 2. The van der Waals surface area contributed by atoms with Gasteiger partial charge in [0.25, 0.3) is 0 Å². The third-order valence-electron chi connectivity index (χ3n) is 5.83. The summed E-state index contributed by atoms with van der Waals surface area (Å²) in [5, 5.41) is 7.23. The van der Waals surface area contributed by atoms with Gasteiger partial charge in [-0.1, -0.05) is 12.8 Å². The topological polar surface area (TPSA) is 39.7 Å². The summed E-state index contributed by atoms with van der Waals surface area (Å²) in [5.74, 6) is 4.51. The number of guanidine groups is 1. The fraction of sp³-hybridized carbons (Fsp3) is 0.944. The van der Waals surface area contributed by atoms with E-state index in [-0.39, 0.29) is 24.0 Å². The molecule has 4 nitrogen and oxygen atoms in total. The van der Waals surface area contributed by atoms with Gasteiger partial charge in [-0.2, -0.15) is 11.8 Å². The van der Waals surface area contributed by atoms with Crippen LogP contribution in [0.3, 0.4) is 0 Å². The minimum atomic E-state index is 0. The molecule has 0 amide bonds. The van der Waals surface area contributed by atoms with E-state index in [0.717, 1.165) is 24.5 Å². The number of rotatable bonds is 4. The molecule has 3 rings (SSSR count). The fourth-order valence-corrected chi connectivity index (χ4v) is 5.46. The number of nitrogens with zero attached hydrogens (tertiary/aromatic N) is 2. The summed E-state index contributed by atoms with van der Waals surface area (Å²) >= 11 is 2.10. The molecule has 140 valence electrons. The van der Waals surface area contributed by atoms with Crippen molar-refractivity contribution in [3.8, 4) is 0 Å². The summed E-state index contributed by atoms with van der Waals surface area (Å²) < 4.78 is 0. The Hall–Kier alpha value is 0.310. The van der Waals surface area contributed by atoms with Gasteiger partial charge in [-0.15, -0.1) is 24.0 Å². The first kappa shape index (κ1) is 20.6. The molecule has 2 saturated heterocycles. The molecule has 2 aliphatic heterocycles. The van der Waals surface area contributed by atoms with Gasteiger partial charge in [0.15, 0.2) is 5.96 Å². The first-order valence-electron chi connectivity index (χ1n) is 9.64. The lowest BCUT2D eigenvalue weighted by atomic mass is 10.0. The molecule has 0 aromatic carbocycles. The third-order valence-corrected chi connectivity index (χ3v) is 6.88. The van der Waals surface area contributed by atoms with Crippen molar-refractivity contribution >= 4 is 41.7 Å². The highest BCUT2D eigenvalue weighted by Gasteiger charge is 2.27. The van der Waals surface area contributed by atoms with Crippen LogP contribution in [0.5, 0.6) is 0 Å². The second-order valence-electron chi connectivity index (χ2n) is 7.40. The number of likely N-dealkylation sites (tertiary alicyclic amines) is 1. The molecule has 0 spiro atoms. The van der Waals surface area contributed by atoms with E-state index >= 15 is 0 Å². The molecular weight excluding hydrogens is 431 g/mol. The van der Waals surface area contributed by atoms with Crippen LogP contribution in [0.1, 0.15) is 51.4 Å². The van der Waals surface area contributed by atoms with E-state index < -0.39 is 0 Å². The zero-order valence-electron chi connectivity index (χ0n) is 15.1. The molecule has 0 atom stereocenters. The molecule has 1 saturated carbocycles. The summed E-state index contributed by atoms with van der Waals surface area (Å²) in [6.07, 6.45) is 11.0. The van der Waals surface area contributed by atoms with Crippen LogP contribution >= 0.6 is 35.7 Å². The van der Waals surface area contributed by atoms with E-state index in [0.29, 0.717) is 6.04 Å². The third kappa shape index (κ3) is 6.24. The summed E-state index contributed by atoms with van der Waals surface area (Å²) in [6, 6.07) is 1.48. The van der Waals surface area contributed by atoms with Gasteiger partial charge >= 0.3 is 0 Å². The van der Waals surface area contributed by atoms with E-state index in [9.17, 15) is 0 Å². The Morgan fingerprint density at radius 2 is 1.71 bits per heavy atom. The Morgan fingerprint density at radius 3 is 2.33 bits per heavy atom. The lowest BCUT2D eigenvalue weighted by Gasteiger charge is -2.36. The predicted octanol–water partition coefficient (Wildman–Crippen LogP) is 3.32. The number of halogens is 1. The molecule has 1 aliphatic carbocycles. The molecule has 0 unspecified atom stereocenters. The van der Waals surface area contributed by atoms with Crippen molar-refractivity contribution in [1.29, 1.82) is 0 Å². The first-order chi connectivity index (χ1) is 11.3. The normalized spacial score (nSPS) is 25.5. The van der Waals surface area contributed by atoms with E-state index in [1.54, 1.807) is 0 Å². The first-order valence-corrected chi connectivity index (χ1v) is 10.8. The van der Waals surface area contributed by atoms with Crippen LogP contribution in [0.2, 0.25) is 0 Å². The molecule has 2 heterocycles. The highest BCUT2D eigenvalue weighted by molar-refractivity contribution is 14.0. The Balaban J connectivity index is 0.00000208. The van der Waals surface area contributed by atoms with Gasteiger partial charge in [-0.25, -0.2) is 0 Å². The lowest BCUT2D eigenvalue weighted by molar-refractivity contribution is 0.150. The SMILES string of the molecule is CN=C(NCC1CCSCC1)NC1CCN(C2CCCC2)CC1.I. The minimum Gasteiger partial charge on any atom is -0.356 e. The Labute approximate surface area is 169 Å². The largest absolute Gasteiger partial charge is 0.356 e. The van der Waals surface area contributed by atoms with Gasteiger partial charge in [0.1, 0.15) is 0 Å².